The SMILES string of the molecule is Cc1cc(C)c2onc(CC(=O)NCCCCCCO)c2c1. The van der Waals surface area contributed by atoms with Crippen LogP contribution in [0.1, 0.15) is 42.5 Å². The van der Waals surface area contributed by atoms with Crippen molar-refractivity contribution in [3.05, 3.63) is 29.0 Å². The Bertz CT molecular complexity index is 634. The zero-order chi connectivity index (χ0) is 15.9. The molecule has 0 spiro atoms. The molecule has 0 aliphatic carbocycles. The maximum atomic E-state index is 12.0. The molecule has 1 heterocycles. The molecule has 0 fully saturated rings. The lowest BCUT2D eigenvalue weighted by atomic mass is 10.1. The second-order valence-electron chi connectivity index (χ2n) is 5.75. The van der Waals surface area contributed by atoms with Gasteiger partial charge in [0.2, 0.25) is 5.91 Å². The van der Waals surface area contributed by atoms with Crippen molar-refractivity contribution >= 4 is 16.9 Å². The normalized spacial score (nSPS) is 11.0. The summed E-state index contributed by atoms with van der Waals surface area (Å²) in [6.07, 6.45) is 4.03. The van der Waals surface area contributed by atoms with Crippen LogP contribution in [0.15, 0.2) is 16.7 Å². The maximum absolute atomic E-state index is 12.0. The first-order chi connectivity index (χ1) is 10.6. The van der Waals surface area contributed by atoms with Crippen molar-refractivity contribution in [1.29, 1.82) is 0 Å². The van der Waals surface area contributed by atoms with Gasteiger partial charge in [0.05, 0.1) is 6.42 Å². The number of aromatic nitrogens is 1. The fourth-order valence-electron chi connectivity index (χ4n) is 2.60. The van der Waals surface area contributed by atoms with Crippen LogP contribution in [0.4, 0.5) is 0 Å². The Morgan fingerprint density at radius 2 is 2.00 bits per heavy atom. The van der Waals surface area contributed by atoms with Crippen LogP contribution >= 0.6 is 0 Å². The molecule has 0 saturated carbocycles. The van der Waals surface area contributed by atoms with Gasteiger partial charge in [-0.1, -0.05) is 24.1 Å². The second-order valence-corrected chi connectivity index (χ2v) is 5.75. The van der Waals surface area contributed by atoms with E-state index in [-0.39, 0.29) is 18.9 Å². The average Bonchev–Trinajstić information content (AvgIpc) is 2.86. The third-order valence-electron chi connectivity index (χ3n) is 3.71. The van der Waals surface area contributed by atoms with E-state index >= 15 is 0 Å². The molecule has 5 heteroatoms. The first-order valence-corrected chi connectivity index (χ1v) is 7.85. The van der Waals surface area contributed by atoms with Gasteiger partial charge in [0.25, 0.3) is 0 Å². The van der Waals surface area contributed by atoms with Gasteiger partial charge in [-0.25, -0.2) is 0 Å². The largest absolute Gasteiger partial charge is 0.396 e. The monoisotopic (exact) mass is 304 g/mol. The number of benzene rings is 1. The van der Waals surface area contributed by atoms with Crippen molar-refractivity contribution in [3.63, 3.8) is 0 Å². The van der Waals surface area contributed by atoms with E-state index in [1.165, 1.54) is 0 Å². The number of carbonyl (C=O) groups excluding carboxylic acids is 1. The van der Waals surface area contributed by atoms with E-state index in [9.17, 15) is 4.79 Å². The molecule has 1 aromatic carbocycles. The van der Waals surface area contributed by atoms with Crippen molar-refractivity contribution in [1.82, 2.24) is 10.5 Å². The van der Waals surface area contributed by atoms with Crippen LogP contribution in [0.2, 0.25) is 0 Å². The summed E-state index contributed by atoms with van der Waals surface area (Å²) in [5, 5.41) is 16.6. The fraction of sp³-hybridized carbons (Fsp3) is 0.529. The summed E-state index contributed by atoms with van der Waals surface area (Å²) >= 11 is 0. The lowest BCUT2D eigenvalue weighted by molar-refractivity contribution is -0.120. The van der Waals surface area contributed by atoms with Crippen molar-refractivity contribution in [2.75, 3.05) is 13.2 Å². The minimum atomic E-state index is -0.0310. The molecule has 22 heavy (non-hydrogen) atoms. The number of carbonyl (C=O) groups is 1. The second kappa shape index (κ2) is 7.94. The van der Waals surface area contributed by atoms with E-state index in [4.69, 9.17) is 9.63 Å². The van der Waals surface area contributed by atoms with Crippen LogP contribution in [0, 0.1) is 13.8 Å². The van der Waals surface area contributed by atoms with Crippen molar-refractivity contribution in [3.8, 4) is 0 Å². The Labute approximate surface area is 130 Å². The molecular formula is C17H24N2O3. The van der Waals surface area contributed by atoms with E-state index in [1.807, 2.05) is 26.0 Å². The Hall–Kier alpha value is -1.88. The first-order valence-electron chi connectivity index (χ1n) is 7.85. The topological polar surface area (TPSA) is 75.4 Å². The number of fused-ring (bicyclic) bond motifs is 1. The van der Waals surface area contributed by atoms with Gasteiger partial charge in [-0.05, 0) is 43.9 Å². The molecule has 2 N–H and O–H groups in total. The molecule has 0 unspecified atom stereocenters. The number of hydrogen-bond acceptors (Lipinski definition) is 4. The molecule has 0 radical (unpaired) electrons. The predicted molar refractivity (Wildman–Crippen MR) is 85.8 cm³/mol. The minimum absolute atomic E-state index is 0.0310. The molecule has 0 aliphatic rings. The van der Waals surface area contributed by atoms with Gasteiger partial charge in [-0.3, -0.25) is 4.79 Å². The quantitative estimate of drug-likeness (QED) is 0.735. The molecule has 2 rings (SSSR count). The van der Waals surface area contributed by atoms with E-state index in [1.54, 1.807) is 0 Å². The summed E-state index contributed by atoms with van der Waals surface area (Å²) in [6, 6.07) is 4.06. The fourth-order valence-corrected chi connectivity index (χ4v) is 2.60. The Balaban J connectivity index is 1.87. The Kier molecular flexibility index (Phi) is 5.95. The number of nitrogens with zero attached hydrogens (tertiary/aromatic N) is 1. The van der Waals surface area contributed by atoms with Gasteiger partial charge in [0, 0.05) is 18.5 Å². The summed E-state index contributed by atoms with van der Waals surface area (Å²) in [4.78, 5) is 12.0. The minimum Gasteiger partial charge on any atom is -0.396 e. The highest BCUT2D eigenvalue weighted by molar-refractivity contribution is 5.88. The molecule has 0 atom stereocenters. The van der Waals surface area contributed by atoms with Gasteiger partial charge < -0.3 is 14.9 Å². The van der Waals surface area contributed by atoms with Crippen LogP contribution < -0.4 is 5.32 Å². The number of rotatable bonds is 8. The first kappa shape index (κ1) is 16.5. The highest BCUT2D eigenvalue weighted by atomic mass is 16.5. The zero-order valence-electron chi connectivity index (χ0n) is 13.3. The highest BCUT2D eigenvalue weighted by Gasteiger charge is 2.14. The number of hydrogen-bond donors (Lipinski definition) is 2. The molecule has 0 aliphatic heterocycles. The summed E-state index contributed by atoms with van der Waals surface area (Å²) in [7, 11) is 0. The molecule has 1 aromatic heterocycles. The molecule has 2 aromatic rings. The lowest BCUT2D eigenvalue weighted by Crippen LogP contribution is -2.26. The third kappa shape index (κ3) is 4.31. The van der Waals surface area contributed by atoms with Crippen LogP contribution in [0.25, 0.3) is 11.0 Å². The van der Waals surface area contributed by atoms with Crippen LogP contribution in [0.5, 0.6) is 0 Å². The Morgan fingerprint density at radius 3 is 2.77 bits per heavy atom. The van der Waals surface area contributed by atoms with Crippen LogP contribution in [-0.4, -0.2) is 29.3 Å². The van der Waals surface area contributed by atoms with Crippen molar-refractivity contribution < 1.29 is 14.4 Å². The summed E-state index contributed by atoms with van der Waals surface area (Å²) in [6.45, 7) is 4.91. The van der Waals surface area contributed by atoms with Gasteiger partial charge in [0.1, 0.15) is 5.69 Å². The van der Waals surface area contributed by atoms with E-state index < -0.39 is 0 Å². The standard InChI is InChI=1S/C17H24N2O3/c1-12-9-13(2)17-14(10-12)15(19-22-17)11-16(21)18-7-5-3-4-6-8-20/h9-10,20H,3-8,11H2,1-2H3,(H,18,21). The van der Waals surface area contributed by atoms with Crippen molar-refractivity contribution in [2.24, 2.45) is 0 Å². The van der Waals surface area contributed by atoms with E-state index in [2.05, 4.69) is 10.5 Å². The van der Waals surface area contributed by atoms with Gasteiger partial charge in [-0.15, -0.1) is 0 Å². The number of aryl methyl sites for hydroxylation is 2. The Morgan fingerprint density at radius 1 is 1.23 bits per heavy atom. The molecule has 1 amide bonds. The van der Waals surface area contributed by atoms with Crippen molar-refractivity contribution in [2.45, 2.75) is 46.0 Å². The van der Waals surface area contributed by atoms with Gasteiger partial charge in [0.15, 0.2) is 5.58 Å². The highest BCUT2D eigenvalue weighted by Crippen LogP contribution is 2.24. The van der Waals surface area contributed by atoms with Crippen LogP contribution in [-0.2, 0) is 11.2 Å². The maximum Gasteiger partial charge on any atom is 0.226 e. The smallest absolute Gasteiger partial charge is 0.226 e. The molecular weight excluding hydrogens is 280 g/mol. The number of aliphatic hydroxyl groups is 1. The summed E-state index contributed by atoms with van der Waals surface area (Å²) in [5.74, 6) is -0.0310. The molecule has 120 valence electrons. The number of aliphatic hydroxyl groups excluding tert-OH is 1. The van der Waals surface area contributed by atoms with Gasteiger partial charge in [-0.2, -0.15) is 0 Å². The summed E-state index contributed by atoms with van der Waals surface area (Å²) < 4.78 is 5.35. The van der Waals surface area contributed by atoms with E-state index in [0.717, 1.165) is 47.8 Å². The average molecular weight is 304 g/mol. The lowest BCUT2D eigenvalue weighted by Gasteiger charge is -2.04. The molecule has 0 bridgehead atoms. The van der Waals surface area contributed by atoms with Crippen LogP contribution in [0.3, 0.4) is 0 Å². The predicted octanol–water partition coefficient (Wildman–Crippen LogP) is 2.66. The third-order valence-corrected chi connectivity index (χ3v) is 3.71. The van der Waals surface area contributed by atoms with Gasteiger partial charge >= 0.3 is 0 Å². The zero-order valence-corrected chi connectivity index (χ0v) is 13.3. The number of amides is 1. The number of nitrogens with one attached hydrogen (secondary N) is 1. The molecule has 0 saturated heterocycles. The molecule has 5 nitrogen and oxygen atoms in total. The van der Waals surface area contributed by atoms with E-state index in [0.29, 0.717) is 12.2 Å². The number of unbranched alkanes of at least 4 members (excludes halogenated alkanes) is 3. The summed E-state index contributed by atoms with van der Waals surface area (Å²) in [5.41, 5.74) is 3.63.